The number of hydrogen-bond donors (Lipinski definition) is 1. The number of ether oxygens (including phenoxy) is 1. The summed E-state index contributed by atoms with van der Waals surface area (Å²) in [6.07, 6.45) is 2.31. The van der Waals surface area contributed by atoms with E-state index < -0.39 is 0 Å². The van der Waals surface area contributed by atoms with Gasteiger partial charge in [-0.05, 0) is 18.9 Å². The molecule has 4 heteroatoms. The SMILES string of the molecule is COc1ccccc1CN(CC(N)=O)C1CC1. The molecule has 0 unspecified atom stereocenters. The molecule has 0 bridgehead atoms. The van der Waals surface area contributed by atoms with Crippen molar-refractivity contribution in [2.24, 2.45) is 5.73 Å². The molecule has 2 N–H and O–H groups in total. The van der Waals surface area contributed by atoms with Crippen LogP contribution in [-0.2, 0) is 11.3 Å². The van der Waals surface area contributed by atoms with Crippen LogP contribution in [0.4, 0.5) is 0 Å². The van der Waals surface area contributed by atoms with Crippen LogP contribution in [0.1, 0.15) is 18.4 Å². The molecular formula is C13H18N2O2. The molecule has 1 saturated carbocycles. The molecule has 0 aromatic heterocycles. The summed E-state index contributed by atoms with van der Waals surface area (Å²) in [5.74, 6) is 0.592. The number of para-hydroxylation sites is 1. The van der Waals surface area contributed by atoms with Gasteiger partial charge < -0.3 is 10.5 Å². The van der Waals surface area contributed by atoms with Crippen molar-refractivity contribution in [3.05, 3.63) is 29.8 Å². The quantitative estimate of drug-likeness (QED) is 0.803. The number of primary amides is 1. The van der Waals surface area contributed by atoms with Crippen LogP contribution in [0.25, 0.3) is 0 Å². The van der Waals surface area contributed by atoms with Crippen LogP contribution >= 0.6 is 0 Å². The van der Waals surface area contributed by atoms with Crippen LogP contribution in [0.3, 0.4) is 0 Å². The van der Waals surface area contributed by atoms with E-state index in [9.17, 15) is 4.79 Å². The highest BCUT2D eigenvalue weighted by Crippen LogP contribution is 2.29. The van der Waals surface area contributed by atoms with Crippen LogP contribution in [-0.4, -0.2) is 30.5 Å². The van der Waals surface area contributed by atoms with Gasteiger partial charge in [0.15, 0.2) is 0 Å². The number of nitrogens with zero attached hydrogens (tertiary/aromatic N) is 1. The first kappa shape index (κ1) is 11.9. The summed E-state index contributed by atoms with van der Waals surface area (Å²) in [5, 5.41) is 0. The highest BCUT2D eigenvalue weighted by Gasteiger charge is 2.30. The highest BCUT2D eigenvalue weighted by molar-refractivity contribution is 5.76. The van der Waals surface area contributed by atoms with Gasteiger partial charge in [0.05, 0.1) is 13.7 Å². The fourth-order valence-corrected chi connectivity index (χ4v) is 2.01. The summed E-state index contributed by atoms with van der Waals surface area (Å²) < 4.78 is 5.31. The number of nitrogens with two attached hydrogens (primary N) is 1. The Balaban J connectivity index is 2.08. The predicted molar refractivity (Wildman–Crippen MR) is 65.6 cm³/mol. The van der Waals surface area contributed by atoms with E-state index in [-0.39, 0.29) is 5.91 Å². The van der Waals surface area contributed by atoms with Crippen molar-refractivity contribution in [1.82, 2.24) is 4.90 Å². The van der Waals surface area contributed by atoms with Crippen molar-refractivity contribution in [2.75, 3.05) is 13.7 Å². The third-order valence-electron chi connectivity index (χ3n) is 2.99. The summed E-state index contributed by atoms with van der Waals surface area (Å²) in [4.78, 5) is 13.2. The van der Waals surface area contributed by atoms with Crippen molar-refractivity contribution in [3.63, 3.8) is 0 Å². The Kier molecular flexibility index (Phi) is 3.64. The lowest BCUT2D eigenvalue weighted by Gasteiger charge is -2.21. The highest BCUT2D eigenvalue weighted by atomic mass is 16.5. The Morgan fingerprint density at radius 3 is 2.76 bits per heavy atom. The minimum absolute atomic E-state index is 0.271. The van der Waals surface area contributed by atoms with E-state index in [1.165, 1.54) is 0 Å². The second-order valence-corrected chi connectivity index (χ2v) is 4.41. The van der Waals surface area contributed by atoms with Crippen LogP contribution in [0.2, 0.25) is 0 Å². The average molecular weight is 234 g/mol. The van der Waals surface area contributed by atoms with E-state index in [1.54, 1.807) is 7.11 Å². The lowest BCUT2D eigenvalue weighted by atomic mass is 10.2. The van der Waals surface area contributed by atoms with Crippen molar-refractivity contribution < 1.29 is 9.53 Å². The molecule has 4 nitrogen and oxygen atoms in total. The predicted octanol–water partition coefficient (Wildman–Crippen LogP) is 1.14. The molecule has 1 fully saturated rings. The second-order valence-electron chi connectivity index (χ2n) is 4.41. The van der Waals surface area contributed by atoms with Gasteiger partial charge in [-0.3, -0.25) is 9.69 Å². The van der Waals surface area contributed by atoms with Gasteiger partial charge >= 0.3 is 0 Å². The Bertz CT molecular complexity index is 402. The van der Waals surface area contributed by atoms with Crippen molar-refractivity contribution >= 4 is 5.91 Å². The number of benzene rings is 1. The summed E-state index contributed by atoms with van der Waals surface area (Å²) in [6.45, 7) is 1.04. The molecule has 0 spiro atoms. The summed E-state index contributed by atoms with van der Waals surface area (Å²) in [7, 11) is 1.66. The van der Waals surface area contributed by atoms with Gasteiger partial charge in [-0.25, -0.2) is 0 Å². The number of rotatable bonds is 6. The second kappa shape index (κ2) is 5.19. The first-order chi connectivity index (χ1) is 8.20. The molecule has 1 aliphatic rings. The Morgan fingerprint density at radius 2 is 2.18 bits per heavy atom. The van der Waals surface area contributed by atoms with Crippen molar-refractivity contribution in [1.29, 1.82) is 0 Å². The molecule has 0 atom stereocenters. The van der Waals surface area contributed by atoms with E-state index in [2.05, 4.69) is 4.90 Å². The number of hydrogen-bond acceptors (Lipinski definition) is 3. The number of carbonyl (C=O) groups excluding carboxylic acids is 1. The minimum Gasteiger partial charge on any atom is -0.496 e. The largest absolute Gasteiger partial charge is 0.496 e. The molecule has 1 amide bonds. The topological polar surface area (TPSA) is 55.6 Å². The molecule has 17 heavy (non-hydrogen) atoms. The Labute approximate surface area is 101 Å². The molecule has 2 rings (SSSR count). The fourth-order valence-electron chi connectivity index (χ4n) is 2.01. The molecule has 1 aliphatic carbocycles. The van der Waals surface area contributed by atoms with E-state index >= 15 is 0 Å². The van der Waals surface area contributed by atoms with Gasteiger partial charge in [-0.15, -0.1) is 0 Å². The van der Waals surface area contributed by atoms with E-state index in [0.29, 0.717) is 12.6 Å². The van der Waals surface area contributed by atoms with Crippen molar-refractivity contribution in [2.45, 2.75) is 25.4 Å². The maximum absolute atomic E-state index is 11.0. The molecule has 1 aromatic rings. The van der Waals surface area contributed by atoms with Crippen molar-refractivity contribution in [3.8, 4) is 5.75 Å². The molecular weight excluding hydrogens is 216 g/mol. The number of amides is 1. The Morgan fingerprint density at radius 1 is 1.47 bits per heavy atom. The molecule has 0 heterocycles. The summed E-state index contributed by atoms with van der Waals surface area (Å²) >= 11 is 0. The van der Waals surface area contributed by atoms with Crippen LogP contribution in [0, 0.1) is 0 Å². The van der Waals surface area contributed by atoms with E-state index in [4.69, 9.17) is 10.5 Å². The Hall–Kier alpha value is -1.55. The average Bonchev–Trinajstić information content (AvgIpc) is 3.12. The molecule has 0 aliphatic heterocycles. The third kappa shape index (κ3) is 3.20. The summed E-state index contributed by atoms with van der Waals surface area (Å²) in [6, 6.07) is 8.39. The summed E-state index contributed by atoms with van der Waals surface area (Å²) in [5.41, 5.74) is 6.37. The zero-order valence-corrected chi connectivity index (χ0v) is 10.1. The maximum Gasteiger partial charge on any atom is 0.231 e. The first-order valence-corrected chi connectivity index (χ1v) is 5.85. The van der Waals surface area contributed by atoms with Crippen LogP contribution < -0.4 is 10.5 Å². The fraction of sp³-hybridized carbons (Fsp3) is 0.462. The molecule has 0 radical (unpaired) electrons. The van der Waals surface area contributed by atoms with Gasteiger partial charge in [0.1, 0.15) is 5.75 Å². The number of methoxy groups -OCH3 is 1. The normalized spacial score (nSPS) is 14.9. The monoisotopic (exact) mass is 234 g/mol. The van der Waals surface area contributed by atoms with Gasteiger partial charge in [-0.1, -0.05) is 18.2 Å². The van der Waals surface area contributed by atoms with Gasteiger partial charge in [0, 0.05) is 18.2 Å². The van der Waals surface area contributed by atoms with Gasteiger partial charge in [0.2, 0.25) is 5.91 Å². The van der Waals surface area contributed by atoms with Gasteiger partial charge in [0.25, 0.3) is 0 Å². The molecule has 1 aromatic carbocycles. The molecule has 0 saturated heterocycles. The smallest absolute Gasteiger partial charge is 0.231 e. The lowest BCUT2D eigenvalue weighted by molar-refractivity contribution is -0.119. The number of carbonyl (C=O) groups is 1. The minimum atomic E-state index is -0.271. The van der Waals surface area contributed by atoms with Gasteiger partial charge in [-0.2, -0.15) is 0 Å². The van der Waals surface area contributed by atoms with E-state index in [0.717, 1.165) is 30.7 Å². The first-order valence-electron chi connectivity index (χ1n) is 5.85. The van der Waals surface area contributed by atoms with Crippen LogP contribution in [0.5, 0.6) is 5.75 Å². The lowest BCUT2D eigenvalue weighted by Crippen LogP contribution is -2.35. The standard InChI is InChI=1S/C13H18N2O2/c1-17-12-5-3-2-4-10(12)8-15(9-13(14)16)11-6-7-11/h2-5,11H,6-9H2,1H3,(H2,14,16). The third-order valence-corrected chi connectivity index (χ3v) is 2.99. The van der Waals surface area contributed by atoms with Crippen LogP contribution in [0.15, 0.2) is 24.3 Å². The maximum atomic E-state index is 11.0. The molecule has 92 valence electrons. The zero-order valence-electron chi connectivity index (χ0n) is 10.1. The zero-order chi connectivity index (χ0) is 12.3. The van der Waals surface area contributed by atoms with E-state index in [1.807, 2.05) is 24.3 Å².